The fraction of sp³-hybridized carbons (Fsp3) is 0.304. The quantitative estimate of drug-likeness (QED) is 0.794. The van der Waals surface area contributed by atoms with Gasteiger partial charge < -0.3 is 9.84 Å². The number of nitrogens with zero attached hydrogens (tertiary/aromatic N) is 2. The maximum absolute atomic E-state index is 13.3. The van der Waals surface area contributed by atoms with Crippen molar-refractivity contribution in [3.8, 4) is 11.8 Å². The number of carbonyl (C=O) groups excluding carboxylic acids is 1. The highest BCUT2D eigenvalue weighted by Gasteiger charge is 2.51. The van der Waals surface area contributed by atoms with Gasteiger partial charge in [0.2, 0.25) is 5.91 Å². The zero-order chi connectivity index (χ0) is 21.5. The molecule has 2 atom stereocenters. The first-order valence-corrected chi connectivity index (χ1v) is 10.7. The highest BCUT2D eigenvalue weighted by atomic mass is 32.2. The number of hydrogen-bond acceptors (Lipinski definition) is 5. The number of ether oxygens (including phenoxy) is 1. The van der Waals surface area contributed by atoms with E-state index in [-0.39, 0.29) is 30.1 Å². The molecule has 7 heteroatoms. The standard InChI is InChI=1S/C23H21FN2O3S/c1-14(2)29-18-9-3-15(4-10-18)19-11-21(27)26-22(20(19)12-25)30-13-23(26,28)16-5-7-17(24)8-6-16/h3-10,14,19,28H,11,13H2,1-2H3. The van der Waals surface area contributed by atoms with Crippen molar-refractivity contribution in [2.75, 3.05) is 5.75 Å². The van der Waals surface area contributed by atoms with Gasteiger partial charge in [0, 0.05) is 17.9 Å². The average molecular weight is 424 g/mol. The molecule has 0 aliphatic carbocycles. The number of amides is 1. The van der Waals surface area contributed by atoms with Crippen LogP contribution in [0.4, 0.5) is 4.39 Å². The lowest BCUT2D eigenvalue weighted by Gasteiger charge is -2.38. The van der Waals surface area contributed by atoms with E-state index in [2.05, 4.69) is 6.07 Å². The Kier molecular flexibility index (Phi) is 5.31. The Labute approximate surface area is 178 Å². The van der Waals surface area contributed by atoms with Gasteiger partial charge in [-0.25, -0.2) is 4.39 Å². The Morgan fingerprint density at radius 1 is 1.23 bits per heavy atom. The summed E-state index contributed by atoms with van der Waals surface area (Å²) < 4.78 is 19.0. The molecule has 0 aromatic heterocycles. The van der Waals surface area contributed by atoms with E-state index in [0.29, 0.717) is 16.2 Å². The molecule has 2 heterocycles. The van der Waals surface area contributed by atoms with E-state index in [4.69, 9.17) is 4.74 Å². The van der Waals surface area contributed by atoms with E-state index in [0.717, 1.165) is 11.3 Å². The van der Waals surface area contributed by atoms with Crippen LogP contribution in [-0.4, -0.2) is 27.8 Å². The largest absolute Gasteiger partial charge is 0.491 e. The van der Waals surface area contributed by atoms with Crippen LogP contribution >= 0.6 is 11.8 Å². The van der Waals surface area contributed by atoms with E-state index < -0.39 is 11.5 Å². The van der Waals surface area contributed by atoms with Gasteiger partial charge in [0.1, 0.15) is 11.6 Å². The molecule has 2 aromatic rings. The van der Waals surface area contributed by atoms with Gasteiger partial charge in [-0.3, -0.25) is 9.69 Å². The van der Waals surface area contributed by atoms with Crippen LogP contribution in [0, 0.1) is 17.1 Å². The average Bonchev–Trinajstić information content (AvgIpc) is 3.08. The molecular weight excluding hydrogens is 403 g/mol. The second kappa shape index (κ2) is 7.78. The molecule has 1 N–H and O–H groups in total. The predicted molar refractivity (Wildman–Crippen MR) is 112 cm³/mol. The van der Waals surface area contributed by atoms with Gasteiger partial charge in [-0.2, -0.15) is 5.26 Å². The molecule has 0 radical (unpaired) electrons. The molecular formula is C23H21FN2O3S. The minimum Gasteiger partial charge on any atom is -0.491 e. The van der Waals surface area contributed by atoms with Crippen molar-refractivity contribution < 1.29 is 19.0 Å². The molecule has 1 fully saturated rings. The highest BCUT2D eigenvalue weighted by Crippen LogP contribution is 2.51. The molecule has 2 aliphatic rings. The predicted octanol–water partition coefficient (Wildman–Crippen LogP) is 4.26. The van der Waals surface area contributed by atoms with Crippen molar-refractivity contribution in [1.82, 2.24) is 4.90 Å². The first-order valence-electron chi connectivity index (χ1n) is 9.68. The van der Waals surface area contributed by atoms with Crippen molar-refractivity contribution in [3.63, 3.8) is 0 Å². The molecule has 2 unspecified atom stereocenters. The van der Waals surface area contributed by atoms with E-state index in [1.165, 1.54) is 40.9 Å². The number of aliphatic hydroxyl groups is 1. The van der Waals surface area contributed by atoms with E-state index >= 15 is 0 Å². The third-order valence-electron chi connectivity index (χ3n) is 5.27. The Hall–Kier alpha value is -2.82. The zero-order valence-corrected chi connectivity index (χ0v) is 17.4. The lowest BCUT2D eigenvalue weighted by molar-refractivity contribution is -0.149. The number of carbonyl (C=O) groups is 1. The summed E-state index contributed by atoms with van der Waals surface area (Å²) in [6.45, 7) is 3.89. The molecule has 154 valence electrons. The van der Waals surface area contributed by atoms with Crippen LogP contribution in [0.15, 0.2) is 59.1 Å². The summed E-state index contributed by atoms with van der Waals surface area (Å²) in [6, 6.07) is 15.1. The van der Waals surface area contributed by atoms with Crippen LogP contribution in [0.25, 0.3) is 0 Å². The number of thioether (sulfide) groups is 1. The van der Waals surface area contributed by atoms with Crippen LogP contribution in [0.1, 0.15) is 37.3 Å². The normalized spacial score (nSPS) is 23.5. The van der Waals surface area contributed by atoms with Crippen LogP contribution in [0.2, 0.25) is 0 Å². The maximum atomic E-state index is 13.3. The third-order valence-corrected chi connectivity index (χ3v) is 6.49. The van der Waals surface area contributed by atoms with Gasteiger partial charge in [-0.15, -0.1) is 11.8 Å². The number of benzene rings is 2. The topological polar surface area (TPSA) is 73.6 Å². The molecule has 2 aliphatic heterocycles. The Morgan fingerprint density at radius 2 is 1.90 bits per heavy atom. The smallest absolute Gasteiger partial charge is 0.231 e. The Balaban J connectivity index is 1.71. The summed E-state index contributed by atoms with van der Waals surface area (Å²) in [7, 11) is 0. The van der Waals surface area contributed by atoms with Crippen molar-refractivity contribution in [1.29, 1.82) is 5.26 Å². The van der Waals surface area contributed by atoms with Gasteiger partial charge in [0.05, 0.1) is 28.5 Å². The number of rotatable bonds is 4. The number of allylic oxidation sites excluding steroid dienone is 1. The van der Waals surface area contributed by atoms with Crippen molar-refractivity contribution in [2.45, 2.75) is 38.0 Å². The molecule has 0 saturated carbocycles. The molecule has 0 bridgehead atoms. The van der Waals surface area contributed by atoms with Gasteiger partial charge in [-0.1, -0.05) is 24.3 Å². The summed E-state index contributed by atoms with van der Waals surface area (Å²) in [4.78, 5) is 14.4. The summed E-state index contributed by atoms with van der Waals surface area (Å²) in [5, 5.41) is 21.7. The van der Waals surface area contributed by atoms with Gasteiger partial charge in [0.25, 0.3) is 0 Å². The van der Waals surface area contributed by atoms with Crippen LogP contribution in [0.5, 0.6) is 5.75 Å². The van der Waals surface area contributed by atoms with Crippen molar-refractivity contribution >= 4 is 17.7 Å². The molecule has 4 rings (SSSR count). The van der Waals surface area contributed by atoms with Gasteiger partial charge in [-0.05, 0) is 43.7 Å². The number of nitriles is 1. The molecule has 2 aromatic carbocycles. The fourth-order valence-corrected chi connectivity index (χ4v) is 5.25. The number of halogens is 1. The van der Waals surface area contributed by atoms with Gasteiger partial charge in [0.15, 0.2) is 5.72 Å². The number of fused-ring (bicyclic) bond motifs is 1. The molecule has 1 amide bonds. The molecule has 5 nitrogen and oxygen atoms in total. The fourth-order valence-electron chi connectivity index (χ4n) is 3.89. The summed E-state index contributed by atoms with van der Waals surface area (Å²) >= 11 is 1.27. The highest BCUT2D eigenvalue weighted by molar-refractivity contribution is 8.03. The SMILES string of the molecule is CC(C)Oc1ccc(C2CC(=O)N3C(=C2C#N)SCC3(O)c2ccc(F)cc2)cc1. The first-order chi connectivity index (χ1) is 14.3. The monoisotopic (exact) mass is 424 g/mol. The van der Waals surface area contributed by atoms with Crippen molar-refractivity contribution in [3.05, 3.63) is 76.1 Å². The van der Waals surface area contributed by atoms with Crippen LogP contribution in [0.3, 0.4) is 0 Å². The second-order valence-electron chi connectivity index (χ2n) is 7.66. The zero-order valence-electron chi connectivity index (χ0n) is 16.6. The number of hydrogen-bond donors (Lipinski definition) is 1. The maximum Gasteiger partial charge on any atom is 0.231 e. The summed E-state index contributed by atoms with van der Waals surface area (Å²) in [5.41, 5.74) is 0.120. The minimum absolute atomic E-state index is 0.0523. The van der Waals surface area contributed by atoms with E-state index in [1.54, 1.807) is 0 Å². The Morgan fingerprint density at radius 3 is 2.50 bits per heavy atom. The summed E-state index contributed by atoms with van der Waals surface area (Å²) in [6.07, 6.45) is 0.123. The first kappa shape index (κ1) is 20.5. The molecule has 0 spiro atoms. The van der Waals surface area contributed by atoms with Gasteiger partial charge >= 0.3 is 0 Å². The van der Waals surface area contributed by atoms with Crippen molar-refractivity contribution in [2.24, 2.45) is 0 Å². The lowest BCUT2D eigenvalue weighted by atomic mass is 9.85. The minimum atomic E-state index is -1.60. The Bertz CT molecular complexity index is 1040. The molecule has 1 saturated heterocycles. The summed E-state index contributed by atoms with van der Waals surface area (Å²) in [5.74, 6) is -0.169. The van der Waals surface area contributed by atoms with Crippen LogP contribution in [-0.2, 0) is 10.5 Å². The third kappa shape index (κ3) is 3.47. The van der Waals surface area contributed by atoms with E-state index in [9.17, 15) is 19.6 Å². The molecule has 30 heavy (non-hydrogen) atoms. The van der Waals surface area contributed by atoms with E-state index in [1.807, 2.05) is 38.1 Å². The lowest BCUT2D eigenvalue weighted by Crippen LogP contribution is -2.48. The van der Waals surface area contributed by atoms with Crippen LogP contribution < -0.4 is 4.74 Å². The second-order valence-corrected chi connectivity index (χ2v) is 8.63.